The summed E-state index contributed by atoms with van der Waals surface area (Å²) in [4.78, 5) is 13.3. The lowest BCUT2D eigenvalue weighted by atomic mass is 10.0. The summed E-state index contributed by atoms with van der Waals surface area (Å²) in [7, 11) is 0. The lowest BCUT2D eigenvalue weighted by molar-refractivity contribution is -0.115. The van der Waals surface area contributed by atoms with Gasteiger partial charge in [0.15, 0.2) is 5.78 Å². The third-order valence-corrected chi connectivity index (χ3v) is 1.36. The summed E-state index contributed by atoms with van der Waals surface area (Å²) in [5.41, 5.74) is 8.58. The van der Waals surface area contributed by atoms with Crippen molar-refractivity contribution in [3.05, 3.63) is 22.2 Å². The SMILES string of the molecule is [N-]=[N+]=NC1=CC(=O)CCC1. The van der Waals surface area contributed by atoms with Crippen LogP contribution in [-0.4, -0.2) is 5.78 Å². The molecule has 0 amide bonds. The molecule has 0 atom stereocenters. The summed E-state index contributed by atoms with van der Waals surface area (Å²) in [6.45, 7) is 0. The van der Waals surface area contributed by atoms with Crippen LogP contribution in [0.2, 0.25) is 0 Å². The average molecular weight is 137 g/mol. The zero-order valence-corrected chi connectivity index (χ0v) is 5.45. The average Bonchev–Trinajstić information content (AvgIpc) is 1.88. The molecule has 10 heavy (non-hydrogen) atoms. The van der Waals surface area contributed by atoms with Gasteiger partial charge in [-0.3, -0.25) is 4.79 Å². The fraction of sp³-hybridized carbons (Fsp3) is 0.500. The third-order valence-electron chi connectivity index (χ3n) is 1.36. The van der Waals surface area contributed by atoms with Crippen molar-refractivity contribution in [3.8, 4) is 0 Å². The molecule has 0 spiro atoms. The van der Waals surface area contributed by atoms with E-state index in [0.717, 1.165) is 12.8 Å². The van der Waals surface area contributed by atoms with Crippen LogP contribution in [-0.2, 0) is 4.79 Å². The van der Waals surface area contributed by atoms with Gasteiger partial charge in [-0.1, -0.05) is 5.11 Å². The zero-order valence-electron chi connectivity index (χ0n) is 5.45. The molecule has 0 bridgehead atoms. The topological polar surface area (TPSA) is 65.8 Å². The molecule has 0 saturated carbocycles. The number of hydrogen-bond acceptors (Lipinski definition) is 2. The van der Waals surface area contributed by atoms with Crippen molar-refractivity contribution in [2.24, 2.45) is 5.11 Å². The third kappa shape index (κ3) is 1.60. The molecule has 1 aliphatic carbocycles. The first-order valence-corrected chi connectivity index (χ1v) is 3.11. The van der Waals surface area contributed by atoms with E-state index in [1.807, 2.05) is 0 Å². The van der Waals surface area contributed by atoms with Crippen LogP contribution in [0, 0.1) is 0 Å². The first-order chi connectivity index (χ1) is 4.83. The maximum absolute atomic E-state index is 10.7. The van der Waals surface area contributed by atoms with E-state index in [9.17, 15) is 4.79 Å². The molecule has 0 saturated heterocycles. The molecule has 4 nitrogen and oxygen atoms in total. The fourth-order valence-corrected chi connectivity index (χ4v) is 0.910. The summed E-state index contributed by atoms with van der Waals surface area (Å²) in [5, 5.41) is 3.35. The molecule has 52 valence electrons. The highest BCUT2D eigenvalue weighted by Gasteiger charge is 2.07. The van der Waals surface area contributed by atoms with E-state index in [0.29, 0.717) is 12.1 Å². The molecular weight excluding hydrogens is 130 g/mol. The Morgan fingerprint density at radius 3 is 3.00 bits per heavy atom. The Labute approximate surface area is 58.2 Å². The minimum atomic E-state index is 0.0636. The summed E-state index contributed by atoms with van der Waals surface area (Å²) in [6, 6.07) is 0. The van der Waals surface area contributed by atoms with Gasteiger partial charge in [0.2, 0.25) is 0 Å². The predicted octanol–water partition coefficient (Wildman–Crippen LogP) is 1.93. The Hall–Kier alpha value is -1.28. The number of rotatable bonds is 1. The smallest absolute Gasteiger partial charge is 0.155 e. The summed E-state index contributed by atoms with van der Waals surface area (Å²) in [6.07, 6.45) is 3.55. The molecule has 0 N–H and O–H groups in total. The fourth-order valence-electron chi connectivity index (χ4n) is 0.910. The van der Waals surface area contributed by atoms with E-state index in [1.165, 1.54) is 6.08 Å². The van der Waals surface area contributed by atoms with Crippen molar-refractivity contribution in [1.82, 2.24) is 0 Å². The number of hydrogen-bond donors (Lipinski definition) is 0. The molecule has 0 unspecified atom stereocenters. The maximum atomic E-state index is 10.7. The second kappa shape index (κ2) is 3.03. The Morgan fingerprint density at radius 1 is 1.60 bits per heavy atom. The van der Waals surface area contributed by atoms with E-state index in [1.54, 1.807) is 0 Å². The van der Waals surface area contributed by atoms with Crippen molar-refractivity contribution in [1.29, 1.82) is 0 Å². The van der Waals surface area contributed by atoms with Crippen molar-refractivity contribution >= 4 is 5.78 Å². The van der Waals surface area contributed by atoms with Gasteiger partial charge in [0.1, 0.15) is 0 Å². The first-order valence-electron chi connectivity index (χ1n) is 3.11. The Kier molecular flexibility index (Phi) is 2.07. The van der Waals surface area contributed by atoms with Gasteiger partial charge in [-0.25, -0.2) is 0 Å². The van der Waals surface area contributed by atoms with Crippen LogP contribution in [0.3, 0.4) is 0 Å². The molecule has 1 rings (SSSR count). The van der Waals surface area contributed by atoms with Crippen molar-refractivity contribution in [2.75, 3.05) is 0 Å². The van der Waals surface area contributed by atoms with Crippen molar-refractivity contribution in [2.45, 2.75) is 19.3 Å². The van der Waals surface area contributed by atoms with Crippen LogP contribution < -0.4 is 0 Å². The van der Waals surface area contributed by atoms with Crippen LogP contribution in [0.25, 0.3) is 10.4 Å². The molecule has 0 aromatic heterocycles. The summed E-state index contributed by atoms with van der Waals surface area (Å²) < 4.78 is 0. The van der Waals surface area contributed by atoms with Gasteiger partial charge < -0.3 is 0 Å². The van der Waals surface area contributed by atoms with Gasteiger partial charge in [0, 0.05) is 17.0 Å². The molecule has 0 aromatic carbocycles. The maximum Gasteiger partial charge on any atom is 0.155 e. The highest BCUT2D eigenvalue weighted by atomic mass is 16.1. The number of allylic oxidation sites excluding steroid dienone is 2. The van der Waals surface area contributed by atoms with Crippen LogP contribution in [0.15, 0.2) is 16.9 Å². The Morgan fingerprint density at radius 2 is 2.40 bits per heavy atom. The van der Waals surface area contributed by atoms with E-state index in [4.69, 9.17) is 5.53 Å². The van der Waals surface area contributed by atoms with Gasteiger partial charge in [-0.15, -0.1) is 0 Å². The van der Waals surface area contributed by atoms with E-state index in [2.05, 4.69) is 10.0 Å². The zero-order chi connectivity index (χ0) is 7.40. The number of azide groups is 1. The molecule has 0 aliphatic heterocycles. The molecule has 1 aliphatic rings. The minimum Gasteiger partial charge on any atom is -0.295 e. The number of carbonyl (C=O) groups excluding carboxylic acids is 1. The Balaban J connectivity index is 2.75. The Bertz CT molecular complexity index is 225. The molecule has 0 fully saturated rings. The summed E-state index contributed by atoms with van der Waals surface area (Å²) in [5.74, 6) is 0.0636. The van der Waals surface area contributed by atoms with E-state index >= 15 is 0 Å². The molecule has 0 heterocycles. The van der Waals surface area contributed by atoms with Crippen molar-refractivity contribution < 1.29 is 4.79 Å². The summed E-state index contributed by atoms with van der Waals surface area (Å²) >= 11 is 0. The number of carbonyl (C=O) groups is 1. The van der Waals surface area contributed by atoms with Gasteiger partial charge in [0.05, 0.1) is 0 Å². The predicted molar refractivity (Wildman–Crippen MR) is 36.1 cm³/mol. The molecule has 0 aromatic rings. The van der Waals surface area contributed by atoms with E-state index < -0.39 is 0 Å². The number of nitrogens with zero attached hydrogens (tertiary/aromatic N) is 3. The van der Waals surface area contributed by atoms with Crippen LogP contribution in [0.5, 0.6) is 0 Å². The molecule has 4 heteroatoms. The van der Waals surface area contributed by atoms with Gasteiger partial charge in [0.25, 0.3) is 0 Å². The number of ketones is 1. The van der Waals surface area contributed by atoms with Gasteiger partial charge in [-0.2, -0.15) is 0 Å². The standard InChI is InChI=1S/C6H7N3O/c7-9-8-5-2-1-3-6(10)4-5/h4H,1-3H2. The van der Waals surface area contributed by atoms with Crippen LogP contribution in [0.4, 0.5) is 0 Å². The second-order valence-electron chi connectivity index (χ2n) is 2.14. The van der Waals surface area contributed by atoms with Gasteiger partial charge >= 0.3 is 0 Å². The normalized spacial score (nSPS) is 17.6. The highest BCUT2D eigenvalue weighted by Crippen LogP contribution is 2.15. The quantitative estimate of drug-likeness (QED) is 0.309. The van der Waals surface area contributed by atoms with Crippen molar-refractivity contribution in [3.63, 3.8) is 0 Å². The monoisotopic (exact) mass is 137 g/mol. The first kappa shape index (κ1) is 6.83. The van der Waals surface area contributed by atoms with Gasteiger partial charge in [-0.05, 0) is 24.4 Å². The molecular formula is C6H7N3O. The highest BCUT2D eigenvalue weighted by molar-refractivity contribution is 5.91. The second-order valence-corrected chi connectivity index (χ2v) is 2.14. The lowest BCUT2D eigenvalue weighted by Crippen LogP contribution is -2.00. The molecule has 0 radical (unpaired) electrons. The lowest BCUT2D eigenvalue weighted by Gasteiger charge is -2.04. The largest absolute Gasteiger partial charge is 0.295 e. The van der Waals surface area contributed by atoms with E-state index in [-0.39, 0.29) is 5.78 Å². The van der Waals surface area contributed by atoms with Crippen LogP contribution in [0.1, 0.15) is 19.3 Å². The van der Waals surface area contributed by atoms with Crippen LogP contribution >= 0.6 is 0 Å². The minimum absolute atomic E-state index is 0.0636.